The summed E-state index contributed by atoms with van der Waals surface area (Å²) in [6, 6.07) is 5.23. The highest BCUT2D eigenvalue weighted by molar-refractivity contribution is 7.89. The van der Waals surface area contributed by atoms with Gasteiger partial charge < -0.3 is 10.2 Å². The van der Waals surface area contributed by atoms with Crippen molar-refractivity contribution in [3.63, 3.8) is 0 Å². The molecule has 1 aromatic rings. The lowest BCUT2D eigenvalue weighted by Gasteiger charge is -2.24. The van der Waals surface area contributed by atoms with Crippen molar-refractivity contribution in [3.8, 4) is 0 Å². The second-order valence-electron chi connectivity index (χ2n) is 7.42. The minimum absolute atomic E-state index is 0.152. The number of rotatable bonds is 7. The summed E-state index contributed by atoms with van der Waals surface area (Å²) in [5.41, 5.74) is 1.33. The van der Waals surface area contributed by atoms with E-state index in [2.05, 4.69) is 10.2 Å². The van der Waals surface area contributed by atoms with Crippen molar-refractivity contribution in [3.05, 3.63) is 23.8 Å². The Morgan fingerprint density at radius 3 is 2.33 bits per heavy atom. The normalized spacial score (nSPS) is 18.4. The Morgan fingerprint density at radius 1 is 1.11 bits per heavy atom. The third-order valence-corrected chi connectivity index (χ3v) is 7.74. The molecule has 0 spiro atoms. The minimum atomic E-state index is -3.59. The van der Waals surface area contributed by atoms with E-state index in [1.165, 1.54) is 4.31 Å². The molecule has 0 unspecified atom stereocenters. The van der Waals surface area contributed by atoms with Gasteiger partial charge in [-0.3, -0.25) is 4.79 Å². The summed E-state index contributed by atoms with van der Waals surface area (Å²) >= 11 is 0. The highest BCUT2D eigenvalue weighted by Crippen LogP contribution is 2.29. The van der Waals surface area contributed by atoms with Crippen LogP contribution in [-0.4, -0.2) is 50.9 Å². The molecule has 0 radical (unpaired) electrons. The van der Waals surface area contributed by atoms with Gasteiger partial charge >= 0.3 is 0 Å². The first kappa shape index (κ1) is 20.1. The number of nitrogens with one attached hydrogen (secondary N) is 1. The van der Waals surface area contributed by atoms with Gasteiger partial charge in [0.05, 0.1) is 10.5 Å². The van der Waals surface area contributed by atoms with Crippen molar-refractivity contribution in [1.29, 1.82) is 0 Å². The van der Waals surface area contributed by atoms with Gasteiger partial charge in [0.25, 0.3) is 5.91 Å². The van der Waals surface area contributed by atoms with Gasteiger partial charge in [-0.1, -0.05) is 26.7 Å². The molecule has 0 aromatic heterocycles. The van der Waals surface area contributed by atoms with Crippen LogP contribution in [0.5, 0.6) is 0 Å². The molecule has 150 valence electrons. The van der Waals surface area contributed by atoms with Crippen LogP contribution in [0.2, 0.25) is 0 Å². The third kappa shape index (κ3) is 4.29. The van der Waals surface area contributed by atoms with Gasteiger partial charge in [0.15, 0.2) is 0 Å². The van der Waals surface area contributed by atoms with E-state index < -0.39 is 10.0 Å². The van der Waals surface area contributed by atoms with Crippen molar-refractivity contribution in [2.45, 2.75) is 63.3 Å². The maximum atomic E-state index is 13.0. The van der Waals surface area contributed by atoms with Crippen LogP contribution in [0.25, 0.3) is 0 Å². The molecule has 0 bridgehead atoms. The molecular weight excluding hydrogens is 362 g/mol. The number of sulfonamides is 1. The molecule has 2 aliphatic rings. The van der Waals surface area contributed by atoms with E-state index in [0.717, 1.165) is 57.3 Å². The summed E-state index contributed by atoms with van der Waals surface area (Å²) in [5, 5.41) is 3.12. The first-order valence-corrected chi connectivity index (χ1v) is 11.6. The van der Waals surface area contributed by atoms with Crippen LogP contribution in [0, 0.1) is 0 Å². The number of nitrogens with zero attached hydrogens (tertiary/aromatic N) is 2. The number of benzene rings is 1. The maximum absolute atomic E-state index is 13.0. The van der Waals surface area contributed by atoms with Gasteiger partial charge in [0.2, 0.25) is 10.0 Å². The van der Waals surface area contributed by atoms with Gasteiger partial charge in [0, 0.05) is 37.9 Å². The number of hydrogen-bond donors (Lipinski definition) is 1. The number of carbonyl (C=O) groups is 1. The van der Waals surface area contributed by atoms with E-state index in [1.54, 1.807) is 12.1 Å². The second-order valence-corrected chi connectivity index (χ2v) is 9.36. The van der Waals surface area contributed by atoms with Gasteiger partial charge in [-0.25, -0.2) is 8.42 Å². The number of amides is 1. The molecule has 27 heavy (non-hydrogen) atoms. The Labute approximate surface area is 163 Å². The molecule has 1 heterocycles. The van der Waals surface area contributed by atoms with Crippen molar-refractivity contribution in [2.24, 2.45) is 0 Å². The molecule has 3 rings (SSSR count). The molecule has 1 amide bonds. The zero-order valence-electron chi connectivity index (χ0n) is 16.4. The lowest BCUT2D eigenvalue weighted by atomic mass is 10.1. The average molecular weight is 394 g/mol. The van der Waals surface area contributed by atoms with E-state index in [9.17, 15) is 13.2 Å². The minimum Gasteiger partial charge on any atom is -0.371 e. The van der Waals surface area contributed by atoms with Crippen LogP contribution in [0.4, 0.5) is 5.69 Å². The largest absolute Gasteiger partial charge is 0.371 e. The summed E-state index contributed by atoms with van der Waals surface area (Å²) < 4.78 is 27.3. The summed E-state index contributed by atoms with van der Waals surface area (Å²) in [7, 11) is -3.59. The van der Waals surface area contributed by atoms with Crippen molar-refractivity contribution in [1.82, 2.24) is 9.62 Å². The van der Waals surface area contributed by atoms with Crippen LogP contribution in [-0.2, 0) is 10.0 Å². The Morgan fingerprint density at radius 2 is 1.74 bits per heavy atom. The molecule has 7 heteroatoms. The molecule has 1 saturated carbocycles. The predicted octanol–water partition coefficient (Wildman–Crippen LogP) is 2.99. The fourth-order valence-corrected chi connectivity index (χ4v) is 5.62. The van der Waals surface area contributed by atoms with Crippen molar-refractivity contribution < 1.29 is 13.2 Å². The topological polar surface area (TPSA) is 69.7 Å². The van der Waals surface area contributed by atoms with E-state index in [4.69, 9.17) is 0 Å². The lowest BCUT2D eigenvalue weighted by Crippen LogP contribution is -2.35. The Kier molecular flexibility index (Phi) is 6.42. The molecule has 1 aliphatic carbocycles. The predicted molar refractivity (Wildman–Crippen MR) is 108 cm³/mol. The monoisotopic (exact) mass is 393 g/mol. The zero-order valence-corrected chi connectivity index (χ0v) is 17.2. The van der Waals surface area contributed by atoms with E-state index in [1.807, 2.05) is 19.9 Å². The summed E-state index contributed by atoms with van der Waals surface area (Å²) in [5.74, 6) is -0.152. The third-order valence-electron chi connectivity index (χ3n) is 5.69. The average Bonchev–Trinajstić information content (AvgIpc) is 3.36. The van der Waals surface area contributed by atoms with Crippen molar-refractivity contribution in [2.75, 3.05) is 31.1 Å². The van der Waals surface area contributed by atoms with Crippen LogP contribution in [0.3, 0.4) is 0 Å². The van der Waals surface area contributed by atoms with E-state index in [0.29, 0.717) is 18.7 Å². The van der Waals surface area contributed by atoms with Gasteiger partial charge in [-0.2, -0.15) is 4.31 Å². The van der Waals surface area contributed by atoms with Gasteiger partial charge in [0.1, 0.15) is 0 Å². The van der Waals surface area contributed by atoms with Gasteiger partial charge in [-0.15, -0.1) is 0 Å². The Balaban J connectivity index is 1.96. The highest BCUT2D eigenvalue weighted by atomic mass is 32.2. The van der Waals surface area contributed by atoms with Gasteiger partial charge in [-0.05, 0) is 43.9 Å². The highest BCUT2D eigenvalue weighted by Gasteiger charge is 2.27. The van der Waals surface area contributed by atoms with Crippen LogP contribution in [0.1, 0.15) is 62.7 Å². The first-order chi connectivity index (χ1) is 13.0. The molecular formula is C20H31N3O3S. The van der Waals surface area contributed by atoms with Crippen molar-refractivity contribution >= 4 is 21.6 Å². The SMILES string of the molecule is CCN(CC)S(=O)(=O)c1ccc(N2CCCC2)c(C(=O)NC2CCCC2)c1. The molecule has 6 nitrogen and oxygen atoms in total. The first-order valence-electron chi connectivity index (χ1n) is 10.2. The van der Waals surface area contributed by atoms with Crippen LogP contribution < -0.4 is 10.2 Å². The maximum Gasteiger partial charge on any atom is 0.253 e. The molecule has 1 saturated heterocycles. The second kappa shape index (κ2) is 8.61. The van der Waals surface area contributed by atoms with E-state index >= 15 is 0 Å². The number of carbonyl (C=O) groups excluding carboxylic acids is 1. The fraction of sp³-hybridized carbons (Fsp3) is 0.650. The van der Waals surface area contributed by atoms with Crippen LogP contribution in [0.15, 0.2) is 23.1 Å². The number of hydrogen-bond acceptors (Lipinski definition) is 4. The summed E-state index contributed by atoms with van der Waals surface area (Å²) in [6.07, 6.45) is 6.48. The molecule has 1 aromatic carbocycles. The molecule has 1 aliphatic heterocycles. The molecule has 0 atom stereocenters. The van der Waals surface area contributed by atoms with E-state index in [-0.39, 0.29) is 16.8 Å². The lowest BCUT2D eigenvalue weighted by molar-refractivity contribution is 0.0938. The fourth-order valence-electron chi connectivity index (χ4n) is 4.14. The summed E-state index contributed by atoms with van der Waals surface area (Å²) in [6.45, 7) is 6.30. The quantitative estimate of drug-likeness (QED) is 0.773. The zero-order chi connectivity index (χ0) is 19.4. The Hall–Kier alpha value is -1.60. The van der Waals surface area contributed by atoms with Crippen LogP contribution >= 0.6 is 0 Å². The molecule has 1 N–H and O–H groups in total. The molecule has 2 fully saturated rings. The smallest absolute Gasteiger partial charge is 0.253 e. The Bertz CT molecular complexity index is 763. The standard InChI is InChI=1S/C20H31N3O3S/c1-3-23(4-2)27(25,26)17-11-12-19(22-13-7-8-14-22)18(15-17)20(24)21-16-9-5-6-10-16/h11-12,15-16H,3-10,13-14H2,1-2H3,(H,21,24). The summed E-state index contributed by atoms with van der Waals surface area (Å²) in [4.78, 5) is 15.4. The number of anilines is 1.